The Hall–Kier alpha value is -2.80. The van der Waals surface area contributed by atoms with Crippen LogP contribution in [0.15, 0.2) is 48.5 Å². The third kappa shape index (κ3) is 3.61. The molecule has 0 bridgehead atoms. The van der Waals surface area contributed by atoms with Crippen molar-refractivity contribution in [3.05, 3.63) is 59.7 Å². The van der Waals surface area contributed by atoms with Crippen LogP contribution in [-0.4, -0.2) is 19.0 Å². The van der Waals surface area contributed by atoms with Gasteiger partial charge in [-0.3, -0.25) is 4.79 Å². The molecule has 0 amide bonds. The van der Waals surface area contributed by atoms with Crippen molar-refractivity contribution in [2.24, 2.45) is 0 Å². The van der Waals surface area contributed by atoms with E-state index in [2.05, 4.69) is 0 Å². The fourth-order valence-corrected chi connectivity index (χ4v) is 1.86. The molecule has 0 aliphatic carbocycles. The fraction of sp³-hybridized carbons (Fsp3) is 0.176. The third-order valence-electron chi connectivity index (χ3n) is 3.04. The molecule has 0 saturated heterocycles. The zero-order valence-corrected chi connectivity index (χ0v) is 11.9. The van der Waals surface area contributed by atoms with Gasteiger partial charge in [0, 0.05) is 5.56 Å². The maximum Gasteiger partial charge on any atom is 0.202 e. The molecule has 0 spiro atoms. The number of Topliss-reactive ketones (excluding diaryl/α,β-unsaturated/α-hetero) is 1. The summed E-state index contributed by atoms with van der Waals surface area (Å²) < 4.78 is 10.7. The lowest BCUT2D eigenvalue weighted by Gasteiger charge is -2.14. The van der Waals surface area contributed by atoms with Gasteiger partial charge in [-0.2, -0.15) is 5.26 Å². The summed E-state index contributed by atoms with van der Waals surface area (Å²) in [5.41, 5.74) is 1.12. The summed E-state index contributed by atoms with van der Waals surface area (Å²) >= 11 is 0. The smallest absolute Gasteiger partial charge is 0.202 e. The van der Waals surface area contributed by atoms with Gasteiger partial charge in [0.1, 0.15) is 11.5 Å². The van der Waals surface area contributed by atoms with Gasteiger partial charge in [-0.05, 0) is 55.5 Å². The Morgan fingerprint density at radius 1 is 1.05 bits per heavy atom. The lowest BCUT2D eigenvalue weighted by molar-refractivity contribution is 0.0818. The molecule has 21 heavy (non-hydrogen) atoms. The summed E-state index contributed by atoms with van der Waals surface area (Å²) in [5, 5.41) is 8.73. The second-order valence-electron chi connectivity index (χ2n) is 4.49. The molecule has 0 aliphatic heterocycles. The van der Waals surface area contributed by atoms with E-state index >= 15 is 0 Å². The van der Waals surface area contributed by atoms with Crippen LogP contribution < -0.4 is 9.47 Å². The first-order chi connectivity index (χ1) is 10.1. The van der Waals surface area contributed by atoms with E-state index in [0.717, 1.165) is 0 Å². The second-order valence-corrected chi connectivity index (χ2v) is 4.49. The minimum Gasteiger partial charge on any atom is -0.497 e. The number of nitriles is 1. The third-order valence-corrected chi connectivity index (χ3v) is 3.04. The molecule has 1 atom stereocenters. The number of carbonyl (C=O) groups is 1. The Bertz CT molecular complexity index is 654. The fourth-order valence-electron chi connectivity index (χ4n) is 1.86. The average molecular weight is 281 g/mol. The van der Waals surface area contributed by atoms with Gasteiger partial charge in [-0.25, -0.2) is 0 Å². The van der Waals surface area contributed by atoms with Crippen LogP contribution in [0.2, 0.25) is 0 Å². The predicted molar refractivity (Wildman–Crippen MR) is 78.6 cm³/mol. The monoisotopic (exact) mass is 281 g/mol. The molecule has 0 aliphatic rings. The van der Waals surface area contributed by atoms with Gasteiger partial charge in [-0.1, -0.05) is 0 Å². The van der Waals surface area contributed by atoms with E-state index in [9.17, 15) is 4.79 Å². The molecule has 2 aromatic rings. The molecule has 0 fully saturated rings. The molecule has 0 unspecified atom stereocenters. The second kappa shape index (κ2) is 6.58. The highest BCUT2D eigenvalue weighted by Crippen LogP contribution is 2.17. The highest BCUT2D eigenvalue weighted by Gasteiger charge is 2.16. The van der Waals surface area contributed by atoms with Gasteiger partial charge in [0.2, 0.25) is 5.78 Å². The summed E-state index contributed by atoms with van der Waals surface area (Å²) in [6, 6.07) is 15.6. The Morgan fingerprint density at radius 2 is 1.62 bits per heavy atom. The number of ether oxygens (including phenoxy) is 2. The van der Waals surface area contributed by atoms with E-state index in [0.29, 0.717) is 22.6 Å². The Labute approximate surface area is 123 Å². The lowest BCUT2D eigenvalue weighted by Crippen LogP contribution is -2.23. The standard InChI is InChI=1S/C17H15NO3/c1-12(21-16-7-3-13(11-18)4-8-16)17(19)14-5-9-15(20-2)10-6-14/h3-10,12H,1-2H3/t12-/m0/s1. The maximum absolute atomic E-state index is 12.3. The number of hydrogen-bond acceptors (Lipinski definition) is 4. The van der Waals surface area contributed by atoms with Crippen molar-refractivity contribution in [3.63, 3.8) is 0 Å². The van der Waals surface area contributed by atoms with Crippen molar-refractivity contribution in [3.8, 4) is 17.6 Å². The maximum atomic E-state index is 12.3. The zero-order valence-electron chi connectivity index (χ0n) is 11.9. The van der Waals surface area contributed by atoms with Crippen LogP contribution in [0.1, 0.15) is 22.8 Å². The number of carbonyl (C=O) groups excluding carboxylic acids is 1. The minimum atomic E-state index is -0.605. The van der Waals surface area contributed by atoms with E-state index in [1.54, 1.807) is 62.6 Å². The van der Waals surface area contributed by atoms with E-state index in [1.807, 2.05) is 6.07 Å². The molecule has 2 aromatic carbocycles. The topological polar surface area (TPSA) is 59.3 Å². The summed E-state index contributed by atoms with van der Waals surface area (Å²) in [4.78, 5) is 12.3. The van der Waals surface area contributed by atoms with Gasteiger partial charge in [-0.15, -0.1) is 0 Å². The minimum absolute atomic E-state index is 0.109. The highest BCUT2D eigenvalue weighted by atomic mass is 16.5. The summed E-state index contributed by atoms with van der Waals surface area (Å²) in [6.07, 6.45) is -0.605. The zero-order chi connectivity index (χ0) is 15.2. The van der Waals surface area contributed by atoms with Crippen molar-refractivity contribution >= 4 is 5.78 Å². The van der Waals surface area contributed by atoms with Crippen LogP contribution in [0.4, 0.5) is 0 Å². The molecule has 0 N–H and O–H groups in total. The Morgan fingerprint density at radius 3 is 2.14 bits per heavy atom. The number of benzene rings is 2. The molecule has 0 heterocycles. The van der Waals surface area contributed by atoms with Crippen LogP contribution in [0, 0.1) is 11.3 Å². The largest absolute Gasteiger partial charge is 0.497 e. The summed E-state index contributed by atoms with van der Waals surface area (Å²) in [5.74, 6) is 1.15. The Balaban J connectivity index is 2.05. The molecule has 4 nitrogen and oxygen atoms in total. The molecule has 0 radical (unpaired) electrons. The molecule has 4 heteroatoms. The van der Waals surface area contributed by atoms with Crippen molar-refractivity contribution in [2.75, 3.05) is 7.11 Å². The molecular formula is C17H15NO3. The van der Waals surface area contributed by atoms with Crippen LogP contribution in [0.5, 0.6) is 11.5 Å². The van der Waals surface area contributed by atoms with Crippen LogP contribution in [0.25, 0.3) is 0 Å². The molecule has 0 aromatic heterocycles. The van der Waals surface area contributed by atoms with Crippen molar-refractivity contribution in [1.29, 1.82) is 5.26 Å². The van der Waals surface area contributed by atoms with Crippen LogP contribution in [0.3, 0.4) is 0 Å². The van der Waals surface area contributed by atoms with E-state index in [4.69, 9.17) is 14.7 Å². The molecule has 0 saturated carbocycles. The van der Waals surface area contributed by atoms with Gasteiger partial charge >= 0.3 is 0 Å². The van der Waals surface area contributed by atoms with E-state index in [1.165, 1.54) is 0 Å². The molecule has 2 rings (SSSR count). The number of ketones is 1. The number of nitrogens with zero attached hydrogens (tertiary/aromatic N) is 1. The van der Waals surface area contributed by atoms with Crippen molar-refractivity contribution < 1.29 is 14.3 Å². The number of methoxy groups -OCH3 is 1. The first-order valence-corrected chi connectivity index (χ1v) is 6.49. The average Bonchev–Trinajstić information content (AvgIpc) is 2.55. The van der Waals surface area contributed by atoms with Crippen LogP contribution >= 0.6 is 0 Å². The van der Waals surface area contributed by atoms with E-state index < -0.39 is 6.10 Å². The summed E-state index contributed by atoms with van der Waals surface area (Å²) in [6.45, 7) is 1.70. The predicted octanol–water partition coefficient (Wildman–Crippen LogP) is 3.22. The molecular weight excluding hydrogens is 266 g/mol. The van der Waals surface area contributed by atoms with Gasteiger partial charge in [0.05, 0.1) is 18.7 Å². The number of rotatable bonds is 5. The first kappa shape index (κ1) is 14.6. The van der Waals surface area contributed by atoms with Gasteiger partial charge in [0.15, 0.2) is 6.10 Å². The quantitative estimate of drug-likeness (QED) is 0.789. The van der Waals surface area contributed by atoms with Gasteiger partial charge < -0.3 is 9.47 Å². The number of hydrogen-bond donors (Lipinski definition) is 0. The normalized spacial score (nSPS) is 11.3. The van der Waals surface area contributed by atoms with Crippen LogP contribution in [-0.2, 0) is 0 Å². The summed E-state index contributed by atoms with van der Waals surface area (Å²) in [7, 11) is 1.58. The highest BCUT2D eigenvalue weighted by molar-refractivity contribution is 5.99. The van der Waals surface area contributed by atoms with Gasteiger partial charge in [0.25, 0.3) is 0 Å². The molecule has 106 valence electrons. The SMILES string of the molecule is COc1ccc(C(=O)[C@H](C)Oc2ccc(C#N)cc2)cc1. The Kier molecular flexibility index (Phi) is 4.57. The first-order valence-electron chi connectivity index (χ1n) is 6.49. The van der Waals surface area contributed by atoms with Crippen molar-refractivity contribution in [2.45, 2.75) is 13.0 Å². The van der Waals surface area contributed by atoms with E-state index in [-0.39, 0.29) is 5.78 Å². The van der Waals surface area contributed by atoms with Crippen molar-refractivity contribution in [1.82, 2.24) is 0 Å². The lowest BCUT2D eigenvalue weighted by atomic mass is 10.1.